The number of oxazole rings is 1. The maximum atomic E-state index is 9.48. The molecule has 130 valence electrons. The molecule has 0 radical (unpaired) electrons. The molecule has 2 heterocycles. The molecule has 2 aliphatic rings. The molecule has 1 saturated carbocycles. The lowest BCUT2D eigenvalue weighted by Crippen LogP contribution is -2.30. The Balaban J connectivity index is 1.47. The molecule has 4 rings (SSSR count). The largest absolute Gasteiger partial charge is 0.424 e. The number of hydrogen-bond donors (Lipinski definition) is 0. The average Bonchev–Trinajstić information content (AvgIpc) is 3.10. The van der Waals surface area contributed by atoms with Crippen molar-refractivity contribution in [2.75, 3.05) is 11.4 Å². The Bertz CT molecular complexity index is 768. The molecule has 0 spiro atoms. The van der Waals surface area contributed by atoms with Gasteiger partial charge < -0.3 is 9.32 Å². The monoisotopic (exact) mass is 335 g/mol. The number of aryl methyl sites for hydroxylation is 1. The molecular weight excluding hydrogens is 310 g/mol. The van der Waals surface area contributed by atoms with Crippen molar-refractivity contribution in [1.29, 1.82) is 5.26 Å². The van der Waals surface area contributed by atoms with Gasteiger partial charge in [-0.25, -0.2) is 4.98 Å². The first-order valence-electron chi connectivity index (χ1n) is 9.55. The van der Waals surface area contributed by atoms with Crippen molar-refractivity contribution >= 4 is 5.88 Å². The normalized spacial score (nSPS) is 18.0. The van der Waals surface area contributed by atoms with Crippen LogP contribution in [0.2, 0.25) is 0 Å². The second-order valence-electron chi connectivity index (χ2n) is 7.36. The molecule has 0 amide bonds. The summed E-state index contributed by atoms with van der Waals surface area (Å²) in [5.74, 6) is 2.20. The highest BCUT2D eigenvalue weighted by Gasteiger charge is 2.24. The molecule has 1 aliphatic heterocycles. The minimum Gasteiger partial charge on any atom is -0.424 e. The summed E-state index contributed by atoms with van der Waals surface area (Å²) in [4.78, 5) is 6.64. The van der Waals surface area contributed by atoms with Crippen LogP contribution in [0.3, 0.4) is 0 Å². The average molecular weight is 335 g/mol. The number of benzene rings is 1. The zero-order valence-electron chi connectivity index (χ0n) is 14.7. The molecule has 0 N–H and O–H groups in total. The number of rotatable bonds is 4. The highest BCUT2D eigenvalue weighted by atomic mass is 16.4. The van der Waals surface area contributed by atoms with E-state index in [4.69, 9.17) is 4.42 Å². The van der Waals surface area contributed by atoms with Gasteiger partial charge in [0.15, 0.2) is 5.89 Å². The number of anilines is 1. The molecule has 0 bridgehead atoms. The summed E-state index contributed by atoms with van der Waals surface area (Å²) in [6.07, 6.45) is 9.74. The Hall–Kier alpha value is -2.28. The molecule has 1 aromatic carbocycles. The number of nitriles is 1. The van der Waals surface area contributed by atoms with Crippen LogP contribution in [0.15, 0.2) is 28.7 Å². The molecule has 1 aliphatic carbocycles. The van der Waals surface area contributed by atoms with Gasteiger partial charge in [0.1, 0.15) is 6.07 Å². The Morgan fingerprint density at radius 2 is 1.96 bits per heavy atom. The minimum atomic E-state index is 0.443. The zero-order chi connectivity index (χ0) is 17.1. The van der Waals surface area contributed by atoms with Crippen LogP contribution in [0, 0.1) is 17.2 Å². The van der Waals surface area contributed by atoms with E-state index >= 15 is 0 Å². The molecule has 2 aromatic rings. The van der Waals surface area contributed by atoms with Crippen LogP contribution in [0.1, 0.15) is 61.2 Å². The lowest BCUT2D eigenvalue weighted by molar-refractivity contribution is 0.328. The number of aromatic nitrogens is 1. The van der Waals surface area contributed by atoms with Gasteiger partial charge in [-0.05, 0) is 29.9 Å². The Kier molecular flexibility index (Phi) is 4.74. The van der Waals surface area contributed by atoms with E-state index in [1.54, 1.807) is 0 Å². The van der Waals surface area contributed by atoms with Crippen molar-refractivity contribution in [2.45, 2.75) is 57.9 Å². The van der Waals surface area contributed by atoms with Gasteiger partial charge in [-0.15, -0.1) is 0 Å². The van der Waals surface area contributed by atoms with E-state index in [1.165, 1.54) is 43.2 Å². The van der Waals surface area contributed by atoms with Gasteiger partial charge in [0.2, 0.25) is 11.6 Å². The van der Waals surface area contributed by atoms with Crippen LogP contribution < -0.4 is 4.90 Å². The predicted molar refractivity (Wildman–Crippen MR) is 97.3 cm³/mol. The summed E-state index contributed by atoms with van der Waals surface area (Å²) in [5, 5.41) is 9.48. The molecule has 0 saturated heterocycles. The summed E-state index contributed by atoms with van der Waals surface area (Å²) in [6.45, 7) is 1.67. The third-order valence-electron chi connectivity index (χ3n) is 5.67. The molecule has 1 fully saturated rings. The van der Waals surface area contributed by atoms with Crippen molar-refractivity contribution in [3.05, 3.63) is 47.0 Å². The van der Waals surface area contributed by atoms with Crippen molar-refractivity contribution in [1.82, 2.24) is 4.98 Å². The first-order chi connectivity index (χ1) is 12.3. The highest BCUT2D eigenvalue weighted by molar-refractivity contribution is 5.50. The van der Waals surface area contributed by atoms with E-state index in [9.17, 15) is 5.26 Å². The van der Waals surface area contributed by atoms with Crippen molar-refractivity contribution < 1.29 is 4.42 Å². The maximum absolute atomic E-state index is 9.48. The van der Waals surface area contributed by atoms with Crippen molar-refractivity contribution in [3.8, 4) is 6.07 Å². The van der Waals surface area contributed by atoms with Gasteiger partial charge in [-0.1, -0.05) is 56.4 Å². The molecular formula is C21H25N3O. The Morgan fingerprint density at radius 1 is 1.16 bits per heavy atom. The fourth-order valence-corrected chi connectivity index (χ4v) is 4.22. The van der Waals surface area contributed by atoms with Crippen LogP contribution in [0.4, 0.5) is 5.88 Å². The van der Waals surface area contributed by atoms with Crippen LogP contribution in [-0.2, 0) is 19.4 Å². The molecule has 25 heavy (non-hydrogen) atoms. The summed E-state index contributed by atoms with van der Waals surface area (Å²) in [7, 11) is 0. The fourth-order valence-electron chi connectivity index (χ4n) is 4.22. The summed E-state index contributed by atoms with van der Waals surface area (Å²) in [5.41, 5.74) is 3.16. The smallest absolute Gasteiger partial charge is 0.235 e. The molecule has 4 heteroatoms. The van der Waals surface area contributed by atoms with E-state index in [-0.39, 0.29) is 0 Å². The molecule has 1 aromatic heterocycles. The minimum absolute atomic E-state index is 0.443. The highest BCUT2D eigenvalue weighted by Crippen LogP contribution is 2.31. The fraction of sp³-hybridized carbons (Fsp3) is 0.524. The van der Waals surface area contributed by atoms with E-state index in [1.807, 2.05) is 0 Å². The Morgan fingerprint density at radius 3 is 2.76 bits per heavy atom. The van der Waals surface area contributed by atoms with Crippen molar-refractivity contribution in [3.63, 3.8) is 0 Å². The molecule has 0 atom stereocenters. The SMILES string of the molecule is N#Cc1nc(CCC2CCCCC2)oc1N1CCc2ccccc2C1. The third-order valence-corrected chi connectivity index (χ3v) is 5.67. The zero-order valence-corrected chi connectivity index (χ0v) is 14.7. The van der Waals surface area contributed by atoms with E-state index in [2.05, 4.69) is 40.2 Å². The topological polar surface area (TPSA) is 53.1 Å². The summed E-state index contributed by atoms with van der Waals surface area (Å²) >= 11 is 0. The summed E-state index contributed by atoms with van der Waals surface area (Å²) < 4.78 is 6.04. The maximum Gasteiger partial charge on any atom is 0.235 e. The Labute approximate surface area is 149 Å². The quantitative estimate of drug-likeness (QED) is 0.818. The number of hydrogen-bond acceptors (Lipinski definition) is 4. The lowest BCUT2D eigenvalue weighted by Gasteiger charge is -2.28. The lowest BCUT2D eigenvalue weighted by atomic mass is 9.86. The number of nitrogens with zero attached hydrogens (tertiary/aromatic N) is 3. The van der Waals surface area contributed by atoms with Crippen LogP contribution in [0.5, 0.6) is 0 Å². The predicted octanol–water partition coefficient (Wildman–Crippen LogP) is 4.62. The van der Waals surface area contributed by atoms with E-state index in [0.717, 1.165) is 44.2 Å². The van der Waals surface area contributed by atoms with E-state index in [0.29, 0.717) is 11.6 Å². The van der Waals surface area contributed by atoms with Crippen LogP contribution in [0.25, 0.3) is 0 Å². The first-order valence-corrected chi connectivity index (χ1v) is 9.55. The van der Waals surface area contributed by atoms with Gasteiger partial charge in [0.05, 0.1) is 0 Å². The molecule has 0 unspecified atom stereocenters. The van der Waals surface area contributed by atoms with Crippen LogP contribution >= 0.6 is 0 Å². The first kappa shape index (κ1) is 16.2. The second kappa shape index (κ2) is 7.31. The van der Waals surface area contributed by atoms with Gasteiger partial charge >= 0.3 is 0 Å². The summed E-state index contributed by atoms with van der Waals surface area (Å²) in [6, 6.07) is 10.7. The van der Waals surface area contributed by atoms with Gasteiger partial charge in [-0.3, -0.25) is 0 Å². The standard InChI is InChI=1S/C21H25N3O/c22-14-19-21(24-13-12-17-8-4-5-9-18(17)15-24)25-20(23-19)11-10-16-6-2-1-3-7-16/h4-5,8-9,16H,1-3,6-7,10-13,15H2. The van der Waals surface area contributed by atoms with Gasteiger partial charge in [-0.2, -0.15) is 5.26 Å². The van der Waals surface area contributed by atoms with Crippen molar-refractivity contribution in [2.24, 2.45) is 5.92 Å². The molecule has 4 nitrogen and oxygen atoms in total. The number of fused-ring (bicyclic) bond motifs is 1. The van der Waals surface area contributed by atoms with E-state index < -0.39 is 0 Å². The van der Waals surface area contributed by atoms with Crippen LogP contribution in [-0.4, -0.2) is 11.5 Å². The van der Waals surface area contributed by atoms with Gasteiger partial charge in [0.25, 0.3) is 0 Å². The second-order valence-corrected chi connectivity index (χ2v) is 7.36. The third kappa shape index (κ3) is 3.56. The van der Waals surface area contributed by atoms with Gasteiger partial charge in [0, 0.05) is 19.5 Å².